The number of aromatic nitrogens is 1. The molecular weight excluding hydrogens is 238 g/mol. The molecule has 1 N–H and O–H groups in total. The molecular formula is C15H23N3O. The smallest absolute Gasteiger partial charge is 0.133 e. The number of pyridine rings is 1. The van der Waals surface area contributed by atoms with Gasteiger partial charge in [-0.2, -0.15) is 0 Å². The molecule has 0 aliphatic carbocycles. The lowest BCUT2D eigenvalue weighted by Crippen LogP contribution is -2.43. The molecule has 2 unspecified atom stereocenters. The van der Waals surface area contributed by atoms with Crippen molar-refractivity contribution in [1.29, 1.82) is 0 Å². The molecule has 2 saturated heterocycles. The second-order valence-corrected chi connectivity index (χ2v) is 5.53. The molecule has 2 fully saturated rings. The minimum Gasteiger partial charge on any atom is -0.371 e. The maximum absolute atomic E-state index is 5.90. The summed E-state index contributed by atoms with van der Waals surface area (Å²) in [5, 5.41) is 3.47. The number of anilines is 1. The van der Waals surface area contributed by atoms with Gasteiger partial charge in [0.05, 0.1) is 12.2 Å². The Morgan fingerprint density at radius 3 is 2.89 bits per heavy atom. The average Bonchev–Trinajstić information content (AvgIpc) is 2.78. The molecule has 0 spiro atoms. The van der Waals surface area contributed by atoms with Gasteiger partial charge in [0, 0.05) is 31.4 Å². The van der Waals surface area contributed by atoms with Gasteiger partial charge in [-0.1, -0.05) is 13.0 Å². The van der Waals surface area contributed by atoms with E-state index in [1.165, 1.54) is 18.4 Å². The summed E-state index contributed by atoms with van der Waals surface area (Å²) in [7, 11) is 0. The van der Waals surface area contributed by atoms with E-state index in [2.05, 4.69) is 28.2 Å². The van der Waals surface area contributed by atoms with Crippen LogP contribution in [0.3, 0.4) is 0 Å². The van der Waals surface area contributed by atoms with Gasteiger partial charge >= 0.3 is 0 Å². The lowest BCUT2D eigenvalue weighted by atomic mass is 10.2. The van der Waals surface area contributed by atoms with E-state index < -0.39 is 0 Å². The molecule has 1 aromatic rings. The Kier molecular flexibility index (Phi) is 3.99. The summed E-state index contributed by atoms with van der Waals surface area (Å²) in [4.78, 5) is 7.02. The Morgan fingerprint density at radius 2 is 2.16 bits per heavy atom. The van der Waals surface area contributed by atoms with Gasteiger partial charge in [-0.3, -0.25) is 0 Å². The molecule has 0 amide bonds. The number of nitrogens with zero attached hydrogens (tertiary/aromatic N) is 2. The van der Waals surface area contributed by atoms with E-state index in [4.69, 9.17) is 4.74 Å². The van der Waals surface area contributed by atoms with Crippen LogP contribution in [0.25, 0.3) is 0 Å². The number of morpholine rings is 1. The fourth-order valence-electron chi connectivity index (χ4n) is 3.04. The highest BCUT2D eigenvalue weighted by molar-refractivity contribution is 5.47. The van der Waals surface area contributed by atoms with E-state index in [9.17, 15) is 0 Å². The topological polar surface area (TPSA) is 37.4 Å². The molecule has 3 heterocycles. The minimum atomic E-state index is 0.414. The largest absolute Gasteiger partial charge is 0.371 e. The van der Waals surface area contributed by atoms with Crippen molar-refractivity contribution in [2.45, 2.75) is 44.9 Å². The van der Waals surface area contributed by atoms with E-state index in [1.54, 1.807) is 0 Å². The van der Waals surface area contributed by atoms with Gasteiger partial charge in [0.2, 0.25) is 0 Å². The molecule has 19 heavy (non-hydrogen) atoms. The van der Waals surface area contributed by atoms with Crippen molar-refractivity contribution in [2.24, 2.45) is 0 Å². The predicted octanol–water partition coefficient (Wildman–Crippen LogP) is 1.95. The Bertz CT molecular complexity index is 412. The zero-order valence-electron chi connectivity index (χ0n) is 11.6. The summed E-state index contributed by atoms with van der Waals surface area (Å²) in [6.45, 7) is 6.14. The maximum atomic E-state index is 5.90. The highest BCUT2D eigenvalue weighted by atomic mass is 16.5. The SMILES string of the molecule is CCCNCc1cccnc1N1CC2CCC(C1)O2. The average molecular weight is 261 g/mol. The Morgan fingerprint density at radius 1 is 1.37 bits per heavy atom. The summed E-state index contributed by atoms with van der Waals surface area (Å²) in [6, 6.07) is 4.21. The molecule has 2 aliphatic heterocycles. The third-order valence-electron chi connectivity index (χ3n) is 3.95. The van der Waals surface area contributed by atoms with Gasteiger partial charge in [0.1, 0.15) is 5.82 Å². The van der Waals surface area contributed by atoms with Crippen LogP contribution >= 0.6 is 0 Å². The molecule has 104 valence electrons. The van der Waals surface area contributed by atoms with Gasteiger partial charge < -0.3 is 15.0 Å². The van der Waals surface area contributed by atoms with Gasteiger partial charge in [-0.25, -0.2) is 4.98 Å². The van der Waals surface area contributed by atoms with Gasteiger partial charge in [-0.15, -0.1) is 0 Å². The summed E-state index contributed by atoms with van der Waals surface area (Å²) in [5.74, 6) is 1.14. The van der Waals surface area contributed by atoms with Gasteiger partial charge in [0.15, 0.2) is 0 Å². The Labute approximate surface area is 115 Å². The third kappa shape index (κ3) is 2.90. The first-order valence-electron chi connectivity index (χ1n) is 7.42. The van der Waals surface area contributed by atoms with Gasteiger partial charge in [0.25, 0.3) is 0 Å². The minimum absolute atomic E-state index is 0.414. The van der Waals surface area contributed by atoms with Crippen molar-refractivity contribution in [3.8, 4) is 0 Å². The third-order valence-corrected chi connectivity index (χ3v) is 3.95. The monoisotopic (exact) mass is 261 g/mol. The van der Waals surface area contributed by atoms with E-state index in [-0.39, 0.29) is 0 Å². The van der Waals surface area contributed by atoms with E-state index in [1.807, 2.05) is 12.3 Å². The van der Waals surface area contributed by atoms with Crippen molar-refractivity contribution in [1.82, 2.24) is 10.3 Å². The lowest BCUT2D eigenvalue weighted by molar-refractivity contribution is 0.0301. The molecule has 0 saturated carbocycles. The second kappa shape index (κ2) is 5.88. The van der Waals surface area contributed by atoms with Crippen LogP contribution in [0.15, 0.2) is 18.3 Å². The fraction of sp³-hybridized carbons (Fsp3) is 0.667. The Hall–Kier alpha value is -1.13. The lowest BCUT2D eigenvalue weighted by Gasteiger charge is -2.34. The summed E-state index contributed by atoms with van der Waals surface area (Å²) in [5.41, 5.74) is 1.30. The standard InChI is InChI=1S/C15H23N3O/c1-2-7-16-9-12-4-3-8-17-15(12)18-10-13-5-6-14(11-18)19-13/h3-4,8,13-14,16H,2,5-7,9-11H2,1H3. The molecule has 2 aliphatic rings. The highest BCUT2D eigenvalue weighted by Crippen LogP contribution is 2.30. The van der Waals surface area contributed by atoms with Crippen molar-refractivity contribution >= 4 is 5.82 Å². The number of hydrogen-bond donors (Lipinski definition) is 1. The van der Waals surface area contributed by atoms with E-state index in [0.29, 0.717) is 12.2 Å². The molecule has 4 nitrogen and oxygen atoms in total. The van der Waals surface area contributed by atoms with E-state index >= 15 is 0 Å². The first-order chi connectivity index (χ1) is 9.36. The number of ether oxygens (including phenoxy) is 1. The van der Waals surface area contributed by atoms with Crippen molar-refractivity contribution in [2.75, 3.05) is 24.5 Å². The number of fused-ring (bicyclic) bond motifs is 2. The van der Waals surface area contributed by atoms with Gasteiger partial charge in [-0.05, 0) is 31.9 Å². The quantitative estimate of drug-likeness (QED) is 0.822. The highest BCUT2D eigenvalue weighted by Gasteiger charge is 2.34. The van der Waals surface area contributed by atoms with Crippen LogP contribution in [0.4, 0.5) is 5.82 Å². The fourth-order valence-corrected chi connectivity index (χ4v) is 3.04. The zero-order valence-corrected chi connectivity index (χ0v) is 11.6. The summed E-state index contributed by atoms with van der Waals surface area (Å²) in [6.07, 6.45) is 6.30. The molecule has 2 bridgehead atoms. The molecule has 4 heteroatoms. The van der Waals surface area contributed by atoms with Crippen molar-refractivity contribution in [3.05, 3.63) is 23.9 Å². The van der Waals surface area contributed by atoms with Crippen LogP contribution in [0.5, 0.6) is 0 Å². The second-order valence-electron chi connectivity index (χ2n) is 5.53. The maximum Gasteiger partial charge on any atom is 0.133 e. The number of nitrogens with one attached hydrogen (secondary N) is 1. The van der Waals surface area contributed by atoms with Crippen LogP contribution in [0.2, 0.25) is 0 Å². The molecule has 2 atom stereocenters. The first-order valence-corrected chi connectivity index (χ1v) is 7.42. The Balaban J connectivity index is 1.72. The van der Waals surface area contributed by atoms with Crippen molar-refractivity contribution < 1.29 is 4.74 Å². The zero-order chi connectivity index (χ0) is 13.1. The first kappa shape index (κ1) is 12.9. The number of hydrogen-bond acceptors (Lipinski definition) is 4. The molecule has 1 aromatic heterocycles. The van der Waals surface area contributed by atoms with Crippen LogP contribution in [0.1, 0.15) is 31.7 Å². The molecule has 0 aromatic carbocycles. The summed E-state index contributed by atoms with van der Waals surface area (Å²) < 4.78 is 5.90. The van der Waals surface area contributed by atoms with Crippen LogP contribution < -0.4 is 10.2 Å². The predicted molar refractivity (Wildman–Crippen MR) is 76.3 cm³/mol. The molecule has 3 rings (SSSR count). The summed E-state index contributed by atoms with van der Waals surface area (Å²) >= 11 is 0. The normalized spacial score (nSPS) is 25.8. The molecule has 0 radical (unpaired) electrons. The van der Waals surface area contributed by atoms with Crippen molar-refractivity contribution in [3.63, 3.8) is 0 Å². The van der Waals surface area contributed by atoms with Crippen LogP contribution in [-0.2, 0) is 11.3 Å². The van der Waals surface area contributed by atoms with E-state index in [0.717, 1.165) is 38.4 Å². The van der Waals surface area contributed by atoms with Crippen LogP contribution in [-0.4, -0.2) is 36.8 Å². The number of rotatable bonds is 5. The van der Waals surface area contributed by atoms with Crippen LogP contribution in [0, 0.1) is 0 Å².